The Morgan fingerprint density at radius 1 is 0.938 bits per heavy atom. The van der Waals surface area contributed by atoms with Gasteiger partial charge in [0, 0.05) is 17.8 Å². The van der Waals surface area contributed by atoms with E-state index >= 15 is 0 Å². The normalized spacial score (nSPS) is 13.3. The molecule has 7 nitrogen and oxygen atoms in total. The fraction of sp³-hybridized carbons (Fsp3) is 0.120. The van der Waals surface area contributed by atoms with Crippen molar-refractivity contribution in [1.82, 2.24) is 0 Å². The van der Waals surface area contributed by atoms with Gasteiger partial charge in [-0.25, -0.2) is 0 Å². The highest BCUT2D eigenvalue weighted by molar-refractivity contribution is 6.14. The van der Waals surface area contributed by atoms with Crippen LogP contribution in [0.5, 0.6) is 23.0 Å². The molecule has 0 aromatic heterocycles. The molecule has 0 bridgehead atoms. The second-order valence-corrected chi connectivity index (χ2v) is 6.94. The number of methoxy groups -OCH3 is 2. The highest BCUT2D eigenvalue weighted by atomic mass is 16.5. The number of carbonyl (C=O) groups is 2. The molecule has 0 saturated carbocycles. The van der Waals surface area contributed by atoms with E-state index < -0.39 is 0 Å². The quantitative estimate of drug-likeness (QED) is 0.561. The number of ether oxygens (including phenoxy) is 4. The minimum Gasteiger partial charge on any atom is -0.497 e. The second-order valence-electron chi connectivity index (χ2n) is 6.94. The van der Waals surface area contributed by atoms with E-state index in [1.165, 1.54) is 0 Å². The van der Waals surface area contributed by atoms with Gasteiger partial charge in [0.1, 0.15) is 23.0 Å². The number of fused-ring (bicyclic) bond motifs is 1. The van der Waals surface area contributed by atoms with Crippen molar-refractivity contribution in [1.29, 1.82) is 0 Å². The molecular formula is C25H21NO6. The maximum atomic E-state index is 12.6. The van der Waals surface area contributed by atoms with Crippen molar-refractivity contribution < 1.29 is 28.5 Å². The van der Waals surface area contributed by atoms with Crippen molar-refractivity contribution in [2.45, 2.75) is 0 Å². The zero-order chi connectivity index (χ0) is 22.5. The van der Waals surface area contributed by atoms with Crippen LogP contribution in [0.25, 0.3) is 6.08 Å². The standard InChI is InChI=1S/C25H21NO6/c1-29-18-8-6-16(7-9-18)12-23-25(28)21-11-10-20(14-22(21)32-23)31-15-24(27)26-17-4-3-5-19(13-17)30-2/h3-14H,15H2,1-2H3,(H,26,27). The first-order valence-electron chi connectivity index (χ1n) is 9.85. The Labute approximate surface area is 185 Å². The summed E-state index contributed by atoms with van der Waals surface area (Å²) in [5, 5.41) is 2.74. The van der Waals surface area contributed by atoms with Crippen LogP contribution in [0.4, 0.5) is 5.69 Å². The van der Waals surface area contributed by atoms with E-state index in [0.29, 0.717) is 28.5 Å². The smallest absolute Gasteiger partial charge is 0.262 e. The Kier molecular flexibility index (Phi) is 6.07. The van der Waals surface area contributed by atoms with Crippen LogP contribution in [-0.2, 0) is 4.79 Å². The van der Waals surface area contributed by atoms with E-state index in [0.717, 1.165) is 11.3 Å². The summed E-state index contributed by atoms with van der Waals surface area (Å²) in [5.41, 5.74) is 1.86. The monoisotopic (exact) mass is 431 g/mol. The molecule has 1 aliphatic rings. The van der Waals surface area contributed by atoms with Gasteiger partial charge in [-0.05, 0) is 48.0 Å². The molecule has 162 valence electrons. The fourth-order valence-corrected chi connectivity index (χ4v) is 3.16. The third-order valence-corrected chi connectivity index (χ3v) is 4.78. The molecule has 7 heteroatoms. The number of hydrogen-bond acceptors (Lipinski definition) is 6. The zero-order valence-corrected chi connectivity index (χ0v) is 17.6. The number of ketones is 1. The van der Waals surface area contributed by atoms with Crippen LogP contribution in [0.2, 0.25) is 0 Å². The molecule has 4 rings (SSSR count). The van der Waals surface area contributed by atoms with E-state index in [4.69, 9.17) is 18.9 Å². The van der Waals surface area contributed by atoms with Gasteiger partial charge >= 0.3 is 0 Å². The molecule has 1 aliphatic heterocycles. The van der Waals surface area contributed by atoms with Gasteiger partial charge in [-0.15, -0.1) is 0 Å². The summed E-state index contributed by atoms with van der Waals surface area (Å²) in [6.45, 7) is -0.196. The van der Waals surface area contributed by atoms with Crippen LogP contribution in [0.3, 0.4) is 0 Å². The van der Waals surface area contributed by atoms with Crippen LogP contribution in [-0.4, -0.2) is 32.5 Å². The highest BCUT2D eigenvalue weighted by Gasteiger charge is 2.27. The molecule has 0 spiro atoms. The SMILES string of the molecule is COc1ccc(C=C2Oc3cc(OCC(=O)Nc4cccc(OC)c4)ccc3C2=O)cc1. The minimum atomic E-state index is -0.323. The van der Waals surface area contributed by atoms with E-state index in [-0.39, 0.29) is 24.1 Å². The third-order valence-electron chi connectivity index (χ3n) is 4.78. The van der Waals surface area contributed by atoms with E-state index in [1.54, 1.807) is 62.8 Å². The van der Waals surface area contributed by atoms with Gasteiger partial charge in [-0.2, -0.15) is 0 Å². The third kappa shape index (κ3) is 4.73. The van der Waals surface area contributed by atoms with Crippen molar-refractivity contribution in [3.63, 3.8) is 0 Å². The van der Waals surface area contributed by atoms with Crippen LogP contribution in [0, 0.1) is 0 Å². The molecule has 32 heavy (non-hydrogen) atoms. The summed E-state index contributed by atoms with van der Waals surface area (Å²) < 4.78 is 21.6. The number of benzene rings is 3. The summed E-state index contributed by atoms with van der Waals surface area (Å²) in [6.07, 6.45) is 1.67. The molecule has 0 fully saturated rings. The first kappa shape index (κ1) is 21.0. The first-order chi connectivity index (χ1) is 15.6. The predicted molar refractivity (Wildman–Crippen MR) is 119 cm³/mol. The minimum absolute atomic E-state index is 0.196. The molecule has 1 amide bonds. The number of allylic oxidation sites excluding steroid dienone is 1. The lowest BCUT2D eigenvalue weighted by Gasteiger charge is -2.09. The molecule has 0 radical (unpaired) electrons. The van der Waals surface area contributed by atoms with Crippen LogP contribution in [0.1, 0.15) is 15.9 Å². The predicted octanol–water partition coefficient (Wildman–Crippen LogP) is 4.34. The summed E-state index contributed by atoms with van der Waals surface area (Å²) in [6, 6.07) is 19.2. The molecule has 0 unspecified atom stereocenters. The second kappa shape index (κ2) is 9.26. The van der Waals surface area contributed by atoms with E-state index in [2.05, 4.69) is 5.32 Å². The van der Waals surface area contributed by atoms with Crippen molar-refractivity contribution in [2.75, 3.05) is 26.1 Å². The molecule has 0 saturated heterocycles. The lowest BCUT2D eigenvalue weighted by molar-refractivity contribution is -0.118. The molecule has 1 N–H and O–H groups in total. The van der Waals surface area contributed by atoms with Crippen molar-refractivity contribution in [2.24, 2.45) is 0 Å². The van der Waals surface area contributed by atoms with Gasteiger partial charge < -0.3 is 24.3 Å². The molecule has 1 heterocycles. The van der Waals surface area contributed by atoms with Crippen LogP contribution in [0.15, 0.2) is 72.5 Å². The number of hydrogen-bond donors (Lipinski definition) is 1. The van der Waals surface area contributed by atoms with Gasteiger partial charge in [-0.1, -0.05) is 18.2 Å². The van der Waals surface area contributed by atoms with Gasteiger partial charge in [0.05, 0.1) is 19.8 Å². The number of nitrogens with one attached hydrogen (secondary N) is 1. The van der Waals surface area contributed by atoms with E-state index in [1.807, 2.05) is 24.3 Å². The molecule has 3 aromatic carbocycles. The van der Waals surface area contributed by atoms with E-state index in [9.17, 15) is 9.59 Å². The topological polar surface area (TPSA) is 83.1 Å². The van der Waals surface area contributed by atoms with Gasteiger partial charge in [-0.3, -0.25) is 9.59 Å². The van der Waals surface area contributed by atoms with Crippen molar-refractivity contribution in [3.05, 3.63) is 83.6 Å². The Bertz CT molecular complexity index is 1180. The fourth-order valence-electron chi connectivity index (χ4n) is 3.16. The lowest BCUT2D eigenvalue weighted by atomic mass is 10.1. The number of rotatable bonds is 7. The number of amides is 1. The largest absolute Gasteiger partial charge is 0.497 e. The average molecular weight is 431 g/mol. The maximum Gasteiger partial charge on any atom is 0.262 e. The Balaban J connectivity index is 1.39. The summed E-state index contributed by atoms with van der Waals surface area (Å²) in [7, 11) is 3.15. The summed E-state index contributed by atoms with van der Waals surface area (Å²) in [4.78, 5) is 24.8. The van der Waals surface area contributed by atoms with Gasteiger partial charge in [0.15, 0.2) is 12.4 Å². The number of carbonyl (C=O) groups excluding carboxylic acids is 2. The lowest BCUT2D eigenvalue weighted by Crippen LogP contribution is -2.20. The Hall–Kier alpha value is -4.26. The number of Topliss-reactive ketones (excluding diaryl/α,β-unsaturated/α-hetero) is 1. The maximum absolute atomic E-state index is 12.6. The van der Waals surface area contributed by atoms with Crippen molar-refractivity contribution >= 4 is 23.5 Å². The van der Waals surface area contributed by atoms with Crippen LogP contribution >= 0.6 is 0 Å². The summed E-state index contributed by atoms with van der Waals surface area (Å²) >= 11 is 0. The van der Waals surface area contributed by atoms with Crippen molar-refractivity contribution in [3.8, 4) is 23.0 Å². The zero-order valence-electron chi connectivity index (χ0n) is 17.6. The Morgan fingerprint density at radius 2 is 1.69 bits per heavy atom. The van der Waals surface area contributed by atoms with Gasteiger partial charge in [0.25, 0.3) is 5.91 Å². The molecule has 3 aromatic rings. The molecule has 0 atom stereocenters. The first-order valence-corrected chi connectivity index (χ1v) is 9.85. The average Bonchev–Trinajstić information content (AvgIpc) is 3.12. The number of anilines is 1. The molecular weight excluding hydrogens is 410 g/mol. The van der Waals surface area contributed by atoms with Gasteiger partial charge in [0.2, 0.25) is 5.78 Å². The molecule has 0 aliphatic carbocycles. The van der Waals surface area contributed by atoms with Crippen LogP contribution < -0.4 is 24.3 Å². The Morgan fingerprint density at radius 3 is 2.44 bits per heavy atom. The summed E-state index contributed by atoms with van der Waals surface area (Å²) in [5.74, 6) is 1.87. The highest BCUT2D eigenvalue weighted by Crippen LogP contribution is 2.35.